The van der Waals surface area contributed by atoms with Gasteiger partial charge in [0.15, 0.2) is 6.61 Å². The number of carbonyl (C=O) groups is 2. The second-order valence-electron chi connectivity index (χ2n) is 8.26. The number of piperidine rings is 1. The van der Waals surface area contributed by atoms with Crippen LogP contribution in [0.1, 0.15) is 25.7 Å². The summed E-state index contributed by atoms with van der Waals surface area (Å²) in [5.41, 5.74) is 1.78. The molecule has 1 amide bonds. The lowest BCUT2D eigenvalue weighted by molar-refractivity contribution is -0.152. The topological polar surface area (TPSA) is 109 Å². The van der Waals surface area contributed by atoms with E-state index in [1.54, 1.807) is 6.07 Å². The van der Waals surface area contributed by atoms with Crippen molar-refractivity contribution in [1.82, 2.24) is 9.29 Å². The van der Waals surface area contributed by atoms with Crippen molar-refractivity contribution in [3.8, 4) is 0 Å². The number of nitrogens with one attached hydrogen (secondary N) is 1. The van der Waals surface area contributed by atoms with Gasteiger partial charge in [0.2, 0.25) is 10.0 Å². The molecule has 10 heteroatoms. The number of hydrogen-bond acceptors (Lipinski definition) is 7. The first kappa shape index (κ1) is 23.2. The molecule has 3 heterocycles. The number of carbonyl (C=O) groups excluding carboxylic acids is 2. The molecule has 0 saturated carbocycles. The number of amides is 1. The Morgan fingerprint density at radius 1 is 1.03 bits per heavy atom. The first-order valence-corrected chi connectivity index (χ1v) is 12.6. The van der Waals surface area contributed by atoms with Crippen LogP contribution in [0.15, 0.2) is 53.7 Å². The highest BCUT2D eigenvalue weighted by atomic mass is 32.2. The molecular formula is C23H28N4O5S. The minimum absolute atomic E-state index is 0.135. The molecule has 1 N–H and O–H groups in total. The van der Waals surface area contributed by atoms with E-state index in [1.165, 1.54) is 35.6 Å². The molecule has 0 aliphatic carbocycles. The SMILES string of the molecule is O=C(COC(=O)C1CCN(S(=O)(=O)c2cccnc2)CC1)Nc1ccc(N2CCCC2)cc1. The molecule has 176 valence electrons. The van der Waals surface area contributed by atoms with Crippen LogP contribution in [-0.2, 0) is 24.3 Å². The van der Waals surface area contributed by atoms with E-state index >= 15 is 0 Å². The van der Waals surface area contributed by atoms with E-state index in [0.29, 0.717) is 18.5 Å². The van der Waals surface area contributed by atoms with Crippen LogP contribution in [-0.4, -0.2) is 62.4 Å². The third kappa shape index (κ3) is 5.69. The highest BCUT2D eigenvalue weighted by Gasteiger charge is 2.33. The highest BCUT2D eigenvalue weighted by molar-refractivity contribution is 7.89. The summed E-state index contributed by atoms with van der Waals surface area (Å²) in [6.07, 6.45) is 5.91. The summed E-state index contributed by atoms with van der Waals surface area (Å²) in [5, 5.41) is 2.73. The molecule has 0 spiro atoms. The average molecular weight is 473 g/mol. The zero-order valence-corrected chi connectivity index (χ0v) is 19.2. The number of rotatable bonds is 7. The van der Waals surface area contributed by atoms with E-state index in [-0.39, 0.29) is 24.6 Å². The number of hydrogen-bond donors (Lipinski definition) is 1. The predicted molar refractivity (Wildman–Crippen MR) is 123 cm³/mol. The molecule has 9 nitrogen and oxygen atoms in total. The van der Waals surface area contributed by atoms with Gasteiger partial charge < -0.3 is 15.0 Å². The summed E-state index contributed by atoms with van der Waals surface area (Å²) in [4.78, 5) is 30.9. The molecule has 1 aromatic carbocycles. The first-order chi connectivity index (χ1) is 15.9. The number of benzene rings is 1. The summed E-state index contributed by atoms with van der Waals surface area (Å²) in [6, 6.07) is 10.7. The van der Waals surface area contributed by atoms with Crippen LogP contribution in [0.2, 0.25) is 0 Å². The molecule has 2 aromatic rings. The van der Waals surface area contributed by atoms with Gasteiger partial charge in [-0.05, 0) is 62.1 Å². The molecule has 0 atom stereocenters. The van der Waals surface area contributed by atoms with Crippen LogP contribution in [0.4, 0.5) is 11.4 Å². The molecule has 0 bridgehead atoms. The van der Waals surface area contributed by atoms with E-state index in [4.69, 9.17) is 4.74 Å². The van der Waals surface area contributed by atoms with E-state index in [0.717, 1.165) is 18.8 Å². The van der Waals surface area contributed by atoms with Gasteiger partial charge in [-0.15, -0.1) is 0 Å². The van der Waals surface area contributed by atoms with Gasteiger partial charge in [0, 0.05) is 49.9 Å². The van der Waals surface area contributed by atoms with Gasteiger partial charge in [-0.3, -0.25) is 14.6 Å². The Hall–Kier alpha value is -2.98. The molecule has 2 aliphatic rings. The minimum atomic E-state index is -3.63. The van der Waals surface area contributed by atoms with Gasteiger partial charge >= 0.3 is 5.97 Å². The second-order valence-corrected chi connectivity index (χ2v) is 10.2. The molecule has 0 radical (unpaired) electrons. The lowest BCUT2D eigenvalue weighted by Crippen LogP contribution is -2.40. The van der Waals surface area contributed by atoms with Gasteiger partial charge in [-0.25, -0.2) is 8.42 Å². The van der Waals surface area contributed by atoms with Gasteiger partial charge in [0.25, 0.3) is 5.91 Å². The quantitative estimate of drug-likeness (QED) is 0.616. The summed E-state index contributed by atoms with van der Waals surface area (Å²) in [6.45, 7) is 2.16. The van der Waals surface area contributed by atoms with E-state index < -0.39 is 27.8 Å². The fourth-order valence-corrected chi connectivity index (χ4v) is 5.60. The third-order valence-electron chi connectivity index (χ3n) is 6.03. The molecule has 2 saturated heterocycles. The number of sulfonamides is 1. The van der Waals surface area contributed by atoms with Crippen LogP contribution in [0.3, 0.4) is 0 Å². The van der Waals surface area contributed by atoms with E-state index in [1.807, 2.05) is 24.3 Å². The van der Waals surface area contributed by atoms with Crippen molar-refractivity contribution < 1.29 is 22.7 Å². The lowest BCUT2D eigenvalue weighted by atomic mass is 9.98. The maximum absolute atomic E-state index is 12.7. The number of aromatic nitrogens is 1. The fourth-order valence-electron chi connectivity index (χ4n) is 4.16. The van der Waals surface area contributed by atoms with Gasteiger partial charge in [0.1, 0.15) is 4.90 Å². The standard InChI is InChI=1S/C23H28N4O5S/c28-22(25-19-5-7-20(8-6-19)26-12-1-2-13-26)17-32-23(29)18-9-14-27(15-10-18)33(30,31)21-4-3-11-24-16-21/h3-8,11,16,18H,1-2,9-10,12-15,17H2,(H,25,28). The van der Waals surface area contributed by atoms with Crippen molar-refractivity contribution in [2.75, 3.05) is 43.0 Å². The maximum atomic E-state index is 12.7. The zero-order valence-electron chi connectivity index (χ0n) is 18.4. The smallest absolute Gasteiger partial charge is 0.309 e. The second kappa shape index (κ2) is 10.3. The van der Waals surface area contributed by atoms with Crippen LogP contribution < -0.4 is 10.2 Å². The lowest BCUT2D eigenvalue weighted by Gasteiger charge is -2.29. The van der Waals surface area contributed by atoms with Crippen LogP contribution in [0, 0.1) is 5.92 Å². The van der Waals surface area contributed by atoms with Crippen molar-refractivity contribution in [2.24, 2.45) is 5.92 Å². The van der Waals surface area contributed by atoms with E-state index in [2.05, 4.69) is 15.2 Å². The van der Waals surface area contributed by atoms with Gasteiger partial charge in [-0.2, -0.15) is 4.31 Å². The number of esters is 1. The highest BCUT2D eigenvalue weighted by Crippen LogP contribution is 2.25. The Kier molecular flexibility index (Phi) is 7.24. The first-order valence-electron chi connectivity index (χ1n) is 11.2. The molecule has 0 unspecified atom stereocenters. The Morgan fingerprint density at radius 2 is 1.73 bits per heavy atom. The van der Waals surface area contributed by atoms with Crippen molar-refractivity contribution >= 4 is 33.3 Å². The zero-order chi connectivity index (χ0) is 23.3. The normalized spacial score (nSPS) is 17.6. The minimum Gasteiger partial charge on any atom is -0.455 e. The van der Waals surface area contributed by atoms with Crippen molar-refractivity contribution in [2.45, 2.75) is 30.6 Å². The monoisotopic (exact) mass is 472 g/mol. The van der Waals surface area contributed by atoms with Crippen LogP contribution in [0.5, 0.6) is 0 Å². The van der Waals surface area contributed by atoms with Gasteiger partial charge in [-0.1, -0.05) is 0 Å². The molecule has 1 aromatic heterocycles. The summed E-state index contributed by atoms with van der Waals surface area (Å²) < 4.78 is 31.9. The summed E-state index contributed by atoms with van der Waals surface area (Å²) in [5.74, 6) is -1.32. The number of nitrogens with zero attached hydrogens (tertiary/aromatic N) is 3. The summed E-state index contributed by atoms with van der Waals surface area (Å²) >= 11 is 0. The Balaban J connectivity index is 1.21. The molecule has 33 heavy (non-hydrogen) atoms. The molecule has 4 rings (SSSR count). The Morgan fingerprint density at radius 3 is 2.36 bits per heavy atom. The van der Waals surface area contributed by atoms with Crippen molar-refractivity contribution in [1.29, 1.82) is 0 Å². The average Bonchev–Trinajstić information content (AvgIpc) is 3.39. The van der Waals surface area contributed by atoms with Crippen LogP contribution >= 0.6 is 0 Å². The Bertz CT molecular complexity index is 1060. The molecule has 2 fully saturated rings. The predicted octanol–water partition coefficient (Wildman–Crippen LogP) is 2.26. The molecule has 2 aliphatic heterocycles. The largest absolute Gasteiger partial charge is 0.455 e. The number of ether oxygens (including phenoxy) is 1. The fraction of sp³-hybridized carbons (Fsp3) is 0.435. The summed E-state index contributed by atoms with van der Waals surface area (Å²) in [7, 11) is -3.63. The molecular weight excluding hydrogens is 444 g/mol. The van der Waals surface area contributed by atoms with E-state index in [9.17, 15) is 18.0 Å². The van der Waals surface area contributed by atoms with Gasteiger partial charge in [0.05, 0.1) is 5.92 Å². The maximum Gasteiger partial charge on any atom is 0.309 e. The number of pyridine rings is 1. The van der Waals surface area contributed by atoms with Crippen LogP contribution in [0.25, 0.3) is 0 Å². The van der Waals surface area contributed by atoms with Crippen molar-refractivity contribution in [3.05, 3.63) is 48.8 Å². The number of anilines is 2. The Labute approximate surface area is 193 Å². The third-order valence-corrected chi connectivity index (χ3v) is 7.91. The van der Waals surface area contributed by atoms with Crippen molar-refractivity contribution in [3.63, 3.8) is 0 Å².